The summed E-state index contributed by atoms with van der Waals surface area (Å²) in [5.41, 5.74) is 1.23. The summed E-state index contributed by atoms with van der Waals surface area (Å²) < 4.78 is 0. The summed E-state index contributed by atoms with van der Waals surface area (Å²) in [6.07, 6.45) is 1.79. The number of hydrogen-bond donors (Lipinski definition) is 1. The second kappa shape index (κ2) is 4.12. The first-order valence-electron chi connectivity index (χ1n) is 2.93. The molecule has 0 fully saturated rings. The Hall–Kier alpha value is -0.760. The number of nitrogens with zero attached hydrogens (tertiary/aromatic N) is 1. The van der Waals surface area contributed by atoms with Gasteiger partial charge in [0, 0.05) is 13.2 Å². The van der Waals surface area contributed by atoms with Gasteiger partial charge in [0.1, 0.15) is 5.82 Å². The highest BCUT2D eigenvalue weighted by molar-refractivity contribution is 5.85. The SMILES string of the molecule is CNc1cc(C)ccn1.Cl. The fourth-order valence-corrected chi connectivity index (χ4v) is 0.673. The van der Waals surface area contributed by atoms with Gasteiger partial charge in [-0.15, -0.1) is 12.4 Å². The molecule has 0 spiro atoms. The average Bonchev–Trinajstić information content (AvgIpc) is 1.88. The molecule has 0 atom stereocenters. The third-order valence-electron chi connectivity index (χ3n) is 1.17. The largest absolute Gasteiger partial charge is 0.373 e. The first-order valence-corrected chi connectivity index (χ1v) is 2.93. The van der Waals surface area contributed by atoms with Crippen molar-refractivity contribution in [1.29, 1.82) is 0 Å². The van der Waals surface area contributed by atoms with Crippen molar-refractivity contribution in [2.24, 2.45) is 0 Å². The minimum Gasteiger partial charge on any atom is -0.373 e. The summed E-state index contributed by atoms with van der Waals surface area (Å²) in [5, 5.41) is 2.96. The molecule has 0 radical (unpaired) electrons. The number of hydrogen-bond acceptors (Lipinski definition) is 2. The van der Waals surface area contributed by atoms with Gasteiger partial charge < -0.3 is 5.32 Å². The first kappa shape index (κ1) is 9.24. The number of aryl methyl sites for hydroxylation is 1. The molecular weight excluding hydrogens is 148 g/mol. The van der Waals surface area contributed by atoms with Gasteiger partial charge in [-0.25, -0.2) is 4.98 Å². The van der Waals surface area contributed by atoms with Crippen LogP contribution >= 0.6 is 12.4 Å². The van der Waals surface area contributed by atoms with Crippen molar-refractivity contribution in [1.82, 2.24) is 4.98 Å². The van der Waals surface area contributed by atoms with Crippen molar-refractivity contribution in [2.45, 2.75) is 6.92 Å². The van der Waals surface area contributed by atoms with E-state index in [0.29, 0.717) is 0 Å². The number of nitrogens with one attached hydrogen (secondary N) is 1. The molecule has 10 heavy (non-hydrogen) atoms. The second-order valence-corrected chi connectivity index (χ2v) is 1.97. The quantitative estimate of drug-likeness (QED) is 0.675. The van der Waals surface area contributed by atoms with E-state index in [9.17, 15) is 0 Å². The van der Waals surface area contributed by atoms with Crippen LogP contribution in [-0.2, 0) is 0 Å². The number of rotatable bonds is 1. The summed E-state index contributed by atoms with van der Waals surface area (Å²) >= 11 is 0. The van der Waals surface area contributed by atoms with Crippen molar-refractivity contribution in [3.8, 4) is 0 Å². The van der Waals surface area contributed by atoms with Crippen LogP contribution in [0.3, 0.4) is 0 Å². The number of aromatic nitrogens is 1. The van der Waals surface area contributed by atoms with Crippen LogP contribution in [0, 0.1) is 6.92 Å². The van der Waals surface area contributed by atoms with E-state index < -0.39 is 0 Å². The smallest absolute Gasteiger partial charge is 0.125 e. The number of halogens is 1. The molecule has 1 aromatic heterocycles. The Bertz CT molecular complexity index is 201. The van der Waals surface area contributed by atoms with Gasteiger partial charge in [-0.05, 0) is 24.6 Å². The van der Waals surface area contributed by atoms with E-state index in [1.807, 2.05) is 26.1 Å². The molecule has 0 aliphatic rings. The van der Waals surface area contributed by atoms with E-state index in [2.05, 4.69) is 10.3 Å². The fourth-order valence-electron chi connectivity index (χ4n) is 0.673. The van der Waals surface area contributed by atoms with Crippen LogP contribution in [-0.4, -0.2) is 12.0 Å². The maximum Gasteiger partial charge on any atom is 0.125 e. The highest BCUT2D eigenvalue weighted by Crippen LogP contribution is 2.02. The van der Waals surface area contributed by atoms with Gasteiger partial charge in [0.25, 0.3) is 0 Å². The molecule has 0 amide bonds. The van der Waals surface area contributed by atoms with E-state index in [-0.39, 0.29) is 12.4 Å². The fraction of sp³-hybridized carbons (Fsp3) is 0.286. The van der Waals surface area contributed by atoms with Gasteiger partial charge >= 0.3 is 0 Å². The van der Waals surface area contributed by atoms with E-state index in [1.54, 1.807) is 6.20 Å². The van der Waals surface area contributed by atoms with E-state index >= 15 is 0 Å². The monoisotopic (exact) mass is 158 g/mol. The number of pyridine rings is 1. The summed E-state index contributed by atoms with van der Waals surface area (Å²) in [5.74, 6) is 0.926. The van der Waals surface area contributed by atoms with Crippen molar-refractivity contribution < 1.29 is 0 Å². The lowest BCUT2D eigenvalue weighted by Crippen LogP contribution is -1.90. The zero-order chi connectivity index (χ0) is 6.69. The third kappa shape index (κ3) is 2.23. The topological polar surface area (TPSA) is 24.9 Å². The van der Waals surface area contributed by atoms with Gasteiger partial charge in [0.15, 0.2) is 0 Å². The van der Waals surface area contributed by atoms with Crippen molar-refractivity contribution >= 4 is 18.2 Å². The molecule has 0 bridgehead atoms. The van der Waals surface area contributed by atoms with Crippen LogP contribution < -0.4 is 5.32 Å². The van der Waals surface area contributed by atoms with Crippen LogP contribution in [0.5, 0.6) is 0 Å². The van der Waals surface area contributed by atoms with Gasteiger partial charge in [0.05, 0.1) is 0 Å². The summed E-state index contributed by atoms with van der Waals surface area (Å²) in [6, 6.07) is 3.97. The zero-order valence-corrected chi connectivity index (χ0v) is 6.90. The normalized spacial score (nSPS) is 8.20. The second-order valence-electron chi connectivity index (χ2n) is 1.97. The maximum absolute atomic E-state index is 4.05. The highest BCUT2D eigenvalue weighted by Gasteiger charge is 1.86. The molecule has 3 heteroatoms. The van der Waals surface area contributed by atoms with Gasteiger partial charge in [0.2, 0.25) is 0 Å². The van der Waals surface area contributed by atoms with Crippen LogP contribution in [0.25, 0.3) is 0 Å². The molecule has 0 saturated heterocycles. The maximum atomic E-state index is 4.05. The van der Waals surface area contributed by atoms with Gasteiger partial charge in [-0.1, -0.05) is 0 Å². The van der Waals surface area contributed by atoms with Crippen LogP contribution in [0.1, 0.15) is 5.56 Å². The molecule has 0 aliphatic carbocycles. The number of anilines is 1. The zero-order valence-electron chi connectivity index (χ0n) is 6.09. The van der Waals surface area contributed by atoms with Crippen LogP contribution in [0.2, 0.25) is 0 Å². The molecule has 56 valence electrons. The Labute approximate surface area is 67.1 Å². The summed E-state index contributed by atoms with van der Waals surface area (Å²) in [7, 11) is 1.86. The minimum atomic E-state index is 0. The standard InChI is InChI=1S/C7H10N2.ClH/c1-6-3-4-9-7(5-6)8-2;/h3-5H,1-2H3,(H,8,9);1H. The van der Waals surface area contributed by atoms with Crippen LogP contribution in [0.4, 0.5) is 5.82 Å². The molecular formula is C7H11ClN2. The molecule has 1 rings (SSSR count). The third-order valence-corrected chi connectivity index (χ3v) is 1.17. The predicted octanol–water partition coefficient (Wildman–Crippen LogP) is 1.85. The molecule has 1 aromatic rings. The van der Waals surface area contributed by atoms with Crippen molar-refractivity contribution in [3.05, 3.63) is 23.9 Å². The Morgan fingerprint density at radius 3 is 2.60 bits per heavy atom. The summed E-state index contributed by atoms with van der Waals surface area (Å²) in [6.45, 7) is 2.04. The molecule has 1 heterocycles. The van der Waals surface area contributed by atoms with E-state index in [4.69, 9.17) is 0 Å². The molecule has 0 aromatic carbocycles. The predicted molar refractivity (Wildman–Crippen MR) is 45.8 cm³/mol. The highest BCUT2D eigenvalue weighted by atomic mass is 35.5. The lowest BCUT2D eigenvalue weighted by atomic mass is 10.3. The van der Waals surface area contributed by atoms with Crippen molar-refractivity contribution in [3.63, 3.8) is 0 Å². The Balaban J connectivity index is 0.000000810. The van der Waals surface area contributed by atoms with Gasteiger partial charge in [-0.3, -0.25) is 0 Å². The van der Waals surface area contributed by atoms with Crippen LogP contribution in [0.15, 0.2) is 18.3 Å². The minimum absolute atomic E-state index is 0. The Kier molecular flexibility index (Phi) is 3.81. The summed E-state index contributed by atoms with van der Waals surface area (Å²) in [4.78, 5) is 4.05. The first-order chi connectivity index (χ1) is 4.33. The molecule has 2 nitrogen and oxygen atoms in total. The van der Waals surface area contributed by atoms with Gasteiger partial charge in [-0.2, -0.15) is 0 Å². The lowest BCUT2D eigenvalue weighted by molar-refractivity contribution is 1.26. The molecule has 1 N–H and O–H groups in total. The van der Waals surface area contributed by atoms with Crippen molar-refractivity contribution in [2.75, 3.05) is 12.4 Å². The Morgan fingerprint density at radius 1 is 1.50 bits per heavy atom. The van der Waals surface area contributed by atoms with E-state index in [0.717, 1.165) is 5.82 Å². The lowest BCUT2D eigenvalue weighted by Gasteiger charge is -1.96. The average molecular weight is 159 g/mol. The Morgan fingerprint density at radius 2 is 2.20 bits per heavy atom. The molecule has 0 unspecified atom stereocenters. The molecule has 0 aliphatic heterocycles. The van der Waals surface area contributed by atoms with E-state index in [1.165, 1.54) is 5.56 Å². The molecule has 0 saturated carbocycles.